The number of rotatable bonds is 3. The van der Waals surface area contributed by atoms with E-state index in [1.54, 1.807) is 0 Å². The number of carbonyl (C=O) groups excluding carboxylic acids is 2. The fourth-order valence-corrected chi connectivity index (χ4v) is 3.37. The predicted molar refractivity (Wildman–Crippen MR) is 82.0 cm³/mol. The third-order valence-corrected chi connectivity index (χ3v) is 4.33. The van der Waals surface area contributed by atoms with E-state index in [0.717, 1.165) is 24.2 Å². The average molecular weight is 302 g/mol. The molecule has 118 valence electrons. The van der Waals surface area contributed by atoms with E-state index < -0.39 is 0 Å². The number of nitrogens with one attached hydrogen (secondary N) is 1. The van der Waals surface area contributed by atoms with Crippen molar-refractivity contribution in [1.29, 1.82) is 0 Å². The van der Waals surface area contributed by atoms with E-state index in [0.29, 0.717) is 19.6 Å². The van der Waals surface area contributed by atoms with Gasteiger partial charge in [-0.15, -0.1) is 0 Å². The van der Waals surface area contributed by atoms with Crippen LogP contribution in [0.2, 0.25) is 0 Å². The molecule has 2 aliphatic heterocycles. The van der Waals surface area contributed by atoms with Gasteiger partial charge in [-0.2, -0.15) is 0 Å². The first-order valence-electron chi connectivity index (χ1n) is 7.71. The smallest absolute Gasteiger partial charge is 0.237 e. The lowest BCUT2D eigenvalue weighted by molar-refractivity contribution is -0.138. The minimum atomic E-state index is -0.0296. The van der Waals surface area contributed by atoms with Crippen molar-refractivity contribution in [1.82, 2.24) is 20.1 Å². The maximum atomic E-state index is 12.3. The molecule has 22 heavy (non-hydrogen) atoms. The fourth-order valence-electron chi connectivity index (χ4n) is 3.37. The number of amides is 2. The Balaban J connectivity index is 1.62. The second kappa shape index (κ2) is 6.04. The number of carbonyl (C=O) groups is 2. The van der Waals surface area contributed by atoms with Crippen LogP contribution in [0.4, 0.5) is 0 Å². The molecular weight excluding hydrogens is 280 g/mol. The van der Waals surface area contributed by atoms with Gasteiger partial charge in [-0.25, -0.2) is 0 Å². The van der Waals surface area contributed by atoms with Gasteiger partial charge in [-0.05, 0) is 25.0 Å². The summed E-state index contributed by atoms with van der Waals surface area (Å²) < 4.78 is 0. The molecule has 6 heteroatoms. The number of aromatic nitrogens is 1. The number of nitrogens with zero attached hydrogens (tertiary/aromatic N) is 3. The second-order valence-electron chi connectivity index (χ2n) is 6.33. The molecule has 0 radical (unpaired) electrons. The molecule has 0 bridgehead atoms. The number of aryl methyl sites for hydroxylation is 1. The van der Waals surface area contributed by atoms with Crippen LogP contribution < -0.4 is 5.32 Å². The van der Waals surface area contributed by atoms with E-state index in [-0.39, 0.29) is 23.9 Å². The van der Waals surface area contributed by atoms with Gasteiger partial charge in [0.1, 0.15) is 0 Å². The van der Waals surface area contributed by atoms with Crippen molar-refractivity contribution in [3.8, 4) is 0 Å². The summed E-state index contributed by atoms with van der Waals surface area (Å²) in [5.41, 5.74) is 2.13. The normalized spacial score (nSPS) is 25.2. The molecule has 0 aliphatic carbocycles. The SMILES string of the molecule is CC(=O)N[C@H]1C[C@H]2CN(Cc3ccc(C)cn3)CC(=O)N2C1. The van der Waals surface area contributed by atoms with Crippen LogP contribution in [-0.2, 0) is 16.1 Å². The molecular formula is C16H22N4O2. The number of hydrogen-bond acceptors (Lipinski definition) is 4. The summed E-state index contributed by atoms with van der Waals surface area (Å²) in [4.78, 5) is 32.0. The van der Waals surface area contributed by atoms with Crippen molar-refractivity contribution < 1.29 is 9.59 Å². The summed E-state index contributed by atoms with van der Waals surface area (Å²) in [5.74, 6) is 0.120. The zero-order valence-electron chi connectivity index (χ0n) is 13.1. The Bertz CT molecular complexity index is 572. The number of fused-ring (bicyclic) bond motifs is 1. The molecule has 2 saturated heterocycles. The first kappa shape index (κ1) is 15.0. The lowest BCUT2D eigenvalue weighted by atomic mass is 10.1. The zero-order chi connectivity index (χ0) is 15.7. The van der Waals surface area contributed by atoms with Gasteiger partial charge >= 0.3 is 0 Å². The highest BCUT2D eigenvalue weighted by Crippen LogP contribution is 2.23. The molecule has 2 fully saturated rings. The van der Waals surface area contributed by atoms with E-state index >= 15 is 0 Å². The fraction of sp³-hybridized carbons (Fsp3) is 0.562. The summed E-state index contributed by atoms with van der Waals surface area (Å²) >= 11 is 0. The lowest BCUT2D eigenvalue weighted by Gasteiger charge is -2.36. The molecule has 0 spiro atoms. The molecule has 1 aromatic rings. The van der Waals surface area contributed by atoms with E-state index in [1.165, 1.54) is 6.92 Å². The van der Waals surface area contributed by atoms with Crippen LogP contribution in [-0.4, -0.2) is 58.3 Å². The molecule has 6 nitrogen and oxygen atoms in total. The zero-order valence-corrected chi connectivity index (χ0v) is 13.1. The molecule has 2 atom stereocenters. The van der Waals surface area contributed by atoms with Crippen LogP contribution in [0.5, 0.6) is 0 Å². The number of hydrogen-bond donors (Lipinski definition) is 1. The topological polar surface area (TPSA) is 65.5 Å². The van der Waals surface area contributed by atoms with E-state index in [9.17, 15) is 9.59 Å². The third kappa shape index (κ3) is 3.27. The number of piperazine rings is 1. The Labute approximate surface area is 130 Å². The first-order chi connectivity index (χ1) is 10.5. The molecule has 3 heterocycles. The van der Waals surface area contributed by atoms with Gasteiger partial charge in [0.15, 0.2) is 0 Å². The minimum absolute atomic E-state index is 0.0296. The molecule has 3 rings (SSSR count). The van der Waals surface area contributed by atoms with Gasteiger partial charge in [0, 0.05) is 44.8 Å². The van der Waals surface area contributed by atoms with Crippen molar-refractivity contribution in [3.05, 3.63) is 29.6 Å². The summed E-state index contributed by atoms with van der Waals surface area (Å²) in [6.07, 6.45) is 2.69. The molecule has 0 aromatic carbocycles. The van der Waals surface area contributed by atoms with Gasteiger partial charge in [0.25, 0.3) is 0 Å². The van der Waals surface area contributed by atoms with Crippen molar-refractivity contribution in [2.75, 3.05) is 19.6 Å². The van der Waals surface area contributed by atoms with Crippen LogP contribution in [0.15, 0.2) is 18.3 Å². The largest absolute Gasteiger partial charge is 0.352 e. The van der Waals surface area contributed by atoms with E-state index in [1.807, 2.05) is 30.2 Å². The van der Waals surface area contributed by atoms with Crippen LogP contribution in [0.3, 0.4) is 0 Å². The summed E-state index contributed by atoms with van der Waals surface area (Å²) in [5, 5.41) is 2.93. The van der Waals surface area contributed by atoms with Gasteiger partial charge in [0.2, 0.25) is 11.8 Å². The quantitative estimate of drug-likeness (QED) is 0.873. The predicted octanol–water partition coefficient (Wildman–Crippen LogP) is 0.311. The highest BCUT2D eigenvalue weighted by atomic mass is 16.2. The van der Waals surface area contributed by atoms with Gasteiger partial charge in [-0.3, -0.25) is 19.5 Å². The molecule has 0 unspecified atom stereocenters. The Morgan fingerprint density at radius 3 is 2.91 bits per heavy atom. The van der Waals surface area contributed by atoms with Crippen LogP contribution in [0.1, 0.15) is 24.6 Å². The molecule has 2 amide bonds. The van der Waals surface area contributed by atoms with E-state index in [4.69, 9.17) is 0 Å². The monoisotopic (exact) mass is 302 g/mol. The van der Waals surface area contributed by atoms with E-state index in [2.05, 4.69) is 15.2 Å². The number of pyridine rings is 1. The molecule has 0 saturated carbocycles. The van der Waals surface area contributed by atoms with Crippen molar-refractivity contribution in [2.24, 2.45) is 0 Å². The molecule has 1 N–H and O–H groups in total. The Morgan fingerprint density at radius 2 is 2.23 bits per heavy atom. The summed E-state index contributed by atoms with van der Waals surface area (Å²) in [6.45, 7) is 6.14. The Hall–Kier alpha value is -1.95. The van der Waals surface area contributed by atoms with Crippen molar-refractivity contribution in [3.63, 3.8) is 0 Å². The summed E-state index contributed by atoms with van der Waals surface area (Å²) in [6, 6.07) is 4.34. The highest BCUT2D eigenvalue weighted by molar-refractivity contribution is 5.80. The standard InChI is InChI=1S/C16H22N4O2/c1-11-3-4-13(17-6-11)7-19-9-15-5-14(18-12(2)21)8-20(15)16(22)10-19/h3-4,6,14-15H,5,7-10H2,1-2H3,(H,18,21)/t14-,15-/m0/s1. The minimum Gasteiger partial charge on any atom is -0.352 e. The molecule has 1 aromatic heterocycles. The van der Waals surface area contributed by atoms with Crippen LogP contribution in [0, 0.1) is 6.92 Å². The summed E-state index contributed by atoms with van der Waals surface area (Å²) in [7, 11) is 0. The van der Waals surface area contributed by atoms with Crippen LogP contribution in [0.25, 0.3) is 0 Å². The van der Waals surface area contributed by atoms with Gasteiger partial charge in [-0.1, -0.05) is 6.07 Å². The average Bonchev–Trinajstić information content (AvgIpc) is 2.83. The first-order valence-corrected chi connectivity index (χ1v) is 7.71. The maximum Gasteiger partial charge on any atom is 0.237 e. The van der Waals surface area contributed by atoms with Gasteiger partial charge in [0.05, 0.1) is 12.2 Å². The van der Waals surface area contributed by atoms with Crippen molar-refractivity contribution in [2.45, 2.75) is 38.9 Å². The highest BCUT2D eigenvalue weighted by Gasteiger charge is 2.40. The Kier molecular flexibility index (Phi) is 4.11. The Morgan fingerprint density at radius 1 is 1.41 bits per heavy atom. The molecule has 2 aliphatic rings. The van der Waals surface area contributed by atoms with Crippen molar-refractivity contribution >= 4 is 11.8 Å². The van der Waals surface area contributed by atoms with Crippen LogP contribution >= 0.6 is 0 Å². The maximum absolute atomic E-state index is 12.3. The lowest BCUT2D eigenvalue weighted by Crippen LogP contribution is -2.53. The van der Waals surface area contributed by atoms with Gasteiger partial charge < -0.3 is 10.2 Å². The third-order valence-electron chi connectivity index (χ3n) is 4.33. The second-order valence-corrected chi connectivity index (χ2v) is 6.33.